The van der Waals surface area contributed by atoms with Crippen LogP contribution in [0.25, 0.3) is 11.0 Å². The normalized spacial score (nSPS) is 31.3. The highest BCUT2D eigenvalue weighted by Crippen LogP contribution is 2.65. The maximum absolute atomic E-state index is 13.5. The van der Waals surface area contributed by atoms with Gasteiger partial charge in [-0.25, -0.2) is 4.98 Å². The number of aryl methyl sites for hydroxylation is 1. The summed E-state index contributed by atoms with van der Waals surface area (Å²) >= 11 is 0. The van der Waals surface area contributed by atoms with Crippen molar-refractivity contribution in [3.63, 3.8) is 0 Å². The standard InChI is InChI=1S/C27H31N3O/c1-18-6-8-21(9-7-18)26-13-19-12-20(14-26)16-27(15-19,17-26)25(31)28-11-10-24-29-22-4-2-3-5-23(22)30-24/h2-9,19-20H,10-17H2,1H3,(H,28,31)(H,29,30). The van der Waals surface area contributed by atoms with Crippen molar-refractivity contribution in [2.45, 2.75) is 57.3 Å². The van der Waals surface area contributed by atoms with E-state index in [1.807, 2.05) is 24.3 Å². The van der Waals surface area contributed by atoms with Crippen LogP contribution >= 0.6 is 0 Å². The van der Waals surface area contributed by atoms with Gasteiger partial charge in [-0.3, -0.25) is 4.79 Å². The molecule has 2 atom stereocenters. The van der Waals surface area contributed by atoms with Crippen molar-refractivity contribution in [1.29, 1.82) is 0 Å². The molecule has 160 valence electrons. The van der Waals surface area contributed by atoms with Crippen LogP contribution in [0.5, 0.6) is 0 Å². The first-order valence-electron chi connectivity index (χ1n) is 11.8. The lowest BCUT2D eigenvalue weighted by molar-refractivity contribution is -0.149. The molecule has 0 aliphatic heterocycles. The second-order valence-electron chi connectivity index (χ2n) is 10.6. The second kappa shape index (κ2) is 6.94. The van der Waals surface area contributed by atoms with Gasteiger partial charge in [0.25, 0.3) is 0 Å². The number of imidazole rings is 1. The fraction of sp³-hybridized carbons (Fsp3) is 0.481. The molecule has 4 aliphatic rings. The molecule has 4 heteroatoms. The van der Waals surface area contributed by atoms with E-state index in [1.54, 1.807) is 0 Å². The quantitative estimate of drug-likeness (QED) is 0.614. The summed E-state index contributed by atoms with van der Waals surface area (Å²) in [5.74, 6) is 2.63. The zero-order valence-corrected chi connectivity index (χ0v) is 18.3. The van der Waals surface area contributed by atoms with Crippen molar-refractivity contribution >= 4 is 16.9 Å². The van der Waals surface area contributed by atoms with Gasteiger partial charge in [0, 0.05) is 13.0 Å². The molecular formula is C27H31N3O. The summed E-state index contributed by atoms with van der Waals surface area (Å²) in [4.78, 5) is 21.6. The lowest BCUT2D eigenvalue weighted by atomic mass is 9.42. The molecule has 1 amide bonds. The van der Waals surface area contributed by atoms with Crippen molar-refractivity contribution in [3.8, 4) is 0 Å². The Kier molecular flexibility index (Phi) is 4.28. The molecule has 4 fully saturated rings. The number of nitrogens with one attached hydrogen (secondary N) is 2. The minimum atomic E-state index is -0.178. The second-order valence-corrected chi connectivity index (χ2v) is 10.6. The van der Waals surface area contributed by atoms with Crippen LogP contribution in [0.2, 0.25) is 0 Å². The molecule has 0 radical (unpaired) electrons. The van der Waals surface area contributed by atoms with E-state index < -0.39 is 0 Å². The van der Waals surface area contributed by atoms with E-state index in [2.05, 4.69) is 46.5 Å². The molecule has 0 spiro atoms. The molecule has 4 nitrogen and oxygen atoms in total. The molecule has 2 aromatic carbocycles. The number of hydrogen-bond donors (Lipinski definition) is 2. The summed E-state index contributed by atoms with van der Waals surface area (Å²) in [6.45, 7) is 2.80. The predicted octanol–water partition coefficient (Wildman–Crippen LogP) is 5.07. The number of carbonyl (C=O) groups excluding carboxylic acids is 1. The van der Waals surface area contributed by atoms with Crippen molar-refractivity contribution in [2.75, 3.05) is 6.54 Å². The first-order valence-corrected chi connectivity index (χ1v) is 11.8. The molecule has 4 bridgehead atoms. The van der Waals surface area contributed by atoms with Gasteiger partial charge in [0.1, 0.15) is 5.82 Å². The van der Waals surface area contributed by atoms with Gasteiger partial charge in [0.05, 0.1) is 16.4 Å². The fourth-order valence-electron chi connectivity index (χ4n) is 7.38. The summed E-state index contributed by atoms with van der Waals surface area (Å²) < 4.78 is 0. The van der Waals surface area contributed by atoms with Crippen molar-refractivity contribution < 1.29 is 4.79 Å². The number of benzene rings is 2. The number of para-hydroxylation sites is 2. The predicted molar refractivity (Wildman–Crippen MR) is 123 cm³/mol. The van der Waals surface area contributed by atoms with Crippen LogP contribution in [-0.2, 0) is 16.6 Å². The number of carbonyl (C=O) groups is 1. The van der Waals surface area contributed by atoms with Crippen LogP contribution in [0.15, 0.2) is 48.5 Å². The Labute approximate surface area is 183 Å². The van der Waals surface area contributed by atoms with Gasteiger partial charge in [0.15, 0.2) is 0 Å². The number of hydrogen-bond acceptors (Lipinski definition) is 2. The monoisotopic (exact) mass is 413 g/mol. The molecule has 1 heterocycles. The highest BCUT2D eigenvalue weighted by molar-refractivity contribution is 5.83. The van der Waals surface area contributed by atoms with Crippen molar-refractivity contribution in [3.05, 3.63) is 65.5 Å². The number of fused-ring (bicyclic) bond motifs is 1. The van der Waals surface area contributed by atoms with Gasteiger partial charge in [-0.2, -0.15) is 0 Å². The van der Waals surface area contributed by atoms with Crippen molar-refractivity contribution in [1.82, 2.24) is 15.3 Å². The van der Waals surface area contributed by atoms with E-state index in [-0.39, 0.29) is 16.7 Å². The Bertz CT molecular complexity index is 1080. The molecule has 1 aromatic heterocycles. The van der Waals surface area contributed by atoms with Crippen LogP contribution in [-0.4, -0.2) is 22.4 Å². The first kappa shape index (κ1) is 19.1. The molecule has 0 saturated heterocycles. The number of aromatic nitrogens is 2. The number of nitrogens with zero attached hydrogens (tertiary/aromatic N) is 1. The van der Waals surface area contributed by atoms with Gasteiger partial charge >= 0.3 is 0 Å². The summed E-state index contributed by atoms with van der Waals surface area (Å²) in [6, 6.07) is 17.2. The molecule has 3 aromatic rings. The first-order chi connectivity index (χ1) is 15.0. The fourth-order valence-corrected chi connectivity index (χ4v) is 7.38. The highest BCUT2D eigenvalue weighted by atomic mass is 16.2. The minimum Gasteiger partial charge on any atom is -0.355 e. The van der Waals surface area contributed by atoms with Crippen molar-refractivity contribution in [2.24, 2.45) is 17.3 Å². The molecule has 4 aliphatic carbocycles. The summed E-state index contributed by atoms with van der Waals surface area (Å²) in [5.41, 5.74) is 4.85. The van der Waals surface area contributed by atoms with E-state index >= 15 is 0 Å². The summed E-state index contributed by atoms with van der Waals surface area (Å²) in [5, 5.41) is 3.31. The van der Waals surface area contributed by atoms with E-state index in [9.17, 15) is 4.79 Å². The van der Waals surface area contributed by atoms with Gasteiger partial charge in [-0.1, -0.05) is 42.0 Å². The van der Waals surface area contributed by atoms with E-state index in [0.717, 1.165) is 42.5 Å². The molecule has 7 rings (SSSR count). The zero-order chi connectivity index (χ0) is 21.1. The lowest BCUT2D eigenvalue weighted by Crippen LogP contribution is -2.59. The van der Waals surface area contributed by atoms with Crippen LogP contribution in [0, 0.1) is 24.2 Å². The van der Waals surface area contributed by atoms with Gasteiger partial charge in [-0.15, -0.1) is 0 Å². The molecule has 31 heavy (non-hydrogen) atoms. The Balaban J connectivity index is 1.19. The maximum Gasteiger partial charge on any atom is 0.226 e. The molecule has 2 unspecified atom stereocenters. The van der Waals surface area contributed by atoms with Crippen LogP contribution in [0.3, 0.4) is 0 Å². The van der Waals surface area contributed by atoms with E-state index in [1.165, 1.54) is 30.4 Å². The number of rotatable bonds is 5. The minimum absolute atomic E-state index is 0.178. The molecular weight excluding hydrogens is 382 g/mol. The van der Waals surface area contributed by atoms with Gasteiger partial charge < -0.3 is 10.3 Å². The smallest absolute Gasteiger partial charge is 0.226 e. The third kappa shape index (κ3) is 3.19. The Morgan fingerprint density at radius 2 is 1.81 bits per heavy atom. The Hall–Kier alpha value is -2.62. The SMILES string of the molecule is Cc1ccc(C23CC4CC(CC(C(=O)NCCc5nc6ccccc6[nH]5)(C4)C2)C3)cc1. The number of aromatic amines is 1. The number of H-pyrrole nitrogens is 1. The summed E-state index contributed by atoms with van der Waals surface area (Å²) in [7, 11) is 0. The van der Waals surface area contributed by atoms with E-state index in [4.69, 9.17) is 0 Å². The van der Waals surface area contributed by atoms with Gasteiger partial charge in [-0.05, 0) is 80.4 Å². The molecule has 4 saturated carbocycles. The third-order valence-electron chi connectivity index (χ3n) is 8.29. The average Bonchev–Trinajstić information content (AvgIpc) is 3.16. The highest BCUT2D eigenvalue weighted by Gasteiger charge is 2.60. The van der Waals surface area contributed by atoms with Gasteiger partial charge in [0.2, 0.25) is 5.91 Å². The van der Waals surface area contributed by atoms with Crippen LogP contribution < -0.4 is 5.32 Å². The maximum atomic E-state index is 13.5. The Morgan fingerprint density at radius 3 is 2.55 bits per heavy atom. The topological polar surface area (TPSA) is 57.8 Å². The zero-order valence-electron chi connectivity index (χ0n) is 18.3. The number of amides is 1. The van der Waals surface area contributed by atoms with E-state index in [0.29, 0.717) is 18.4 Å². The average molecular weight is 414 g/mol. The van der Waals surface area contributed by atoms with Crippen LogP contribution in [0.1, 0.15) is 55.5 Å². The molecule has 2 N–H and O–H groups in total. The van der Waals surface area contributed by atoms with Crippen LogP contribution in [0.4, 0.5) is 0 Å². The summed E-state index contributed by atoms with van der Waals surface area (Å²) in [6.07, 6.45) is 7.77. The Morgan fingerprint density at radius 1 is 1.06 bits per heavy atom. The largest absolute Gasteiger partial charge is 0.355 e. The third-order valence-corrected chi connectivity index (χ3v) is 8.29. The lowest BCUT2D eigenvalue weighted by Gasteiger charge is -2.61.